The van der Waals surface area contributed by atoms with Gasteiger partial charge < -0.3 is 19.5 Å². The van der Waals surface area contributed by atoms with Crippen molar-refractivity contribution >= 4 is 52.3 Å². The molecule has 1 saturated heterocycles. The van der Waals surface area contributed by atoms with E-state index in [1.54, 1.807) is 12.1 Å². The van der Waals surface area contributed by atoms with E-state index in [0.717, 1.165) is 48.5 Å². The molecule has 5 nitrogen and oxygen atoms in total. The SMILES string of the molecule is Cc1c(C(=O)Nc2ccccc2N2CCN(C)CC2)oc2ccc(Cl)cc12.Cl. The zero-order valence-electron chi connectivity index (χ0n) is 15.9. The Bertz CT molecular complexity index is 994. The van der Waals surface area contributed by atoms with Crippen molar-refractivity contribution in [3.05, 3.63) is 58.8 Å². The van der Waals surface area contributed by atoms with Crippen LogP contribution in [0, 0.1) is 6.92 Å². The smallest absolute Gasteiger partial charge is 0.291 e. The molecule has 0 saturated carbocycles. The van der Waals surface area contributed by atoms with E-state index in [0.29, 0.717) is 16.4 Å². The third-order valence-corrected chi connectivity index (χ3v) is 5.34. The molecule has 1 amide bonds. The number of benzene rings is 2. The predicted molar refractivity (Wildman–Crippen MR) is 117 cm³/mol. The lowest BCUT2D eigenvalue weighted by molar-refractivity contribution is 0.0998. The molecule has 3 aromatic rings. The van der Waals surface area contributed by atoms with Gasteiger partial charge in [-0.2, -0.15) is 0 Å². The van der Waals surface area contributed by atoms with Gasteiger partial charge in [-0.3, -0.25) is 4.79 Å². The van der Waals surface area contributed by atoms with Gasteiger partial charge in [-0.25, -0.2) is 0 Å². The highest BCUT2D eigenvalue weighted by molar-refractivity contribution is 6.31. The van der Waals surface area contributed by atoms with Crippen LogP contribution in [0.4, 0.5) is 11.4 Å². The molecular formula is C21H23Cl2N3O2. The van der Waals surface area contributed by atoms with Gasteiger partial charge >= 0.3 is 0 Å². The van der Waals surface area contributed by atoms with Crippen molar-refractivity contribution in [2.75, 3.05) is 43.4 Å². The molecule has 1 N–H and O–H groups in total. The highest BCUT2D eigenvalue weighted by Crippen LogP contribution is 2.30. The van der Waals surface area contributed by atoms with Gasteiger partial charge in [0.15, 0.2) is 5.76 Å². The van der Waals surface area contributed by atoms with E-state index in [1.807, 2.05) is 37.3 Å². The minimum atomic E-state index is -0.249. The van der Waals surface area contributed by atoms with E-state index in [4.69, 9.17) is 16.0 Å². The number of rotatable bonds is 3. The van der Waals surface area contributed by atoms with Crippen LogP contribution in [0.3, 0.4) is 0 Å². The standard InChI is InChI=1S/C21H22ClN3O2.ClH/c1-14-16-13-15(22)7-8-19(16)27-20(14)21(26)23-17-5-3-4-6-18(17)25-11-9-24(2)10-12-25;/h3-8,13H,9-12H2,1-2H3,(H,23,26);1H. The molecule has 1 aromatic heterocycles. The number of likely N-dealkylation sites (N-methyl/N-ethyl adjacent to an activating group) is 1. The Hall–Kier alpha value is -2.21. The molecule has 1 fully saturated rings. The summed E-state index contributed by atoms with van der Waals surface area (Å²) in [5, 5.41) is 4.52. The van der Waals surface area contributed by atoms with Crippen molar-refractivity contribution < 1.29 is 9.21 Å². The molecule has 7 heteroatoms. The monoisotopic (exact) mass is 419 g/mol. The van der Waals surface area contributed by atoms with Crippen LogP contribution in [0.5, 0.6) is 0 Å². The van der Waals surface area contributed by atoms with Gasteiger partial charge in [-0.1, -0.05) is 23.7 Å². The lowest BCUT2D eigenvalue weighted by Gasteiger charge is -2.35. The van der Waals surface area contributed by atoms with Crippen LogP contribution < -0.4 is 10.2 Å². The van der Waals surface area contributed by atoms with Gasteiger partial charge in [0.2, 0.25) is 0 Å². The molecule has 4 rings (SSSR count). The first-order valence-corrected chi connectivity index (χ1v) is 9.43. The predicted octanol–water partition coefficient (Wildman–Crippen LogP) is 4.82. The minimum absolute atomic E-state index is 0. The van der Waals surface area contributed by atoms with E-state index in [9.17, 15) is 4.79 Å². The number of furan rings is 1. The zero-order chi connectivity index (χ0) is 19.0. The summed E-state index contributed by atoms with van der Waals surface area (Å²) in [5.74, 6) is 0.0712. The quantitative estimate of drug-likeness (QED) is 0.660. The summed E-state index contributed by atoms with van der Waals surface area (Å²) < 4.78 is 5.80. The molecule has 1 aliphatic heterocycles. The third-order valence-electron chi connectivity index (χ3n) is 5.10. The molecule has 28 heavy (non-hydrogen) atoms. The number of nitrogens with zero attached hydrogens (tertiary/aromatic N) is 2. The van der Waals surface area contributed by atoms with Crippen LogP contribution in [-0.4, -0.2) is 44.0 Å². The van der Waals surface area contributed by atoms with E-state index >= 15 is 0 Å². The molecule has 2 heterocycles. The van der Waals surface area contributed by atoms with Crippen molar-refractivity contribution in [1.29, 1.82) is 0 Å². The van der Waals surface area contributed by atoms with E-state index in [-0.39, 0.29) is 18.3 Å². The first-order valence-electron chi connectivity index (χ1n) is 9.05. The second-order valence-corrected chi connectivity index (χ2v) is 7.39. The van der Waals surface area contributed by atoms with E-state index < -0.39 is 0 Å². The molecule has 1 aliphatic rings. The number of carbonyl (C=O) groups excluding carboxylic acids is 1. The Labute approximate surface area is 175 Å². The highest BCUT2D eigenvalue weighted by Gasteiger charge is 2.21. The minimum Gasteiger partial charge on any atom is -0.451 e. The van der Waals surface area contributed by atoms with Gasteiger partial charge in [0, 0.05) is 42.2 Å². The lowest BCUT2D eigenvalue weighted by atomic mass is 10.1. The van der Waals surface area contributed by atoms with Crippen LogP contribution in [0.25, 0.3) is 11.0 Å². The summed E-state index contributed by atoms with van der Waals surface area (Å²) in [6, 6.07) is 13.3. The summed E-state index contributed by atoms with van der Waals surface area (Å²) >= 11 is 6.08. The van der Waals surface area contributed by atoms with Crippen LogP contribution in [0.2, 0.25) is 5.02 Å². The molecule has 0 aliphatic carbocycles. The summed E-state index contributed by atoms with van der Waals surface area (Å²) in [5.41, 5.74) is 3.29. The fraction of sp³-hybridized carbons (Fsp3) is 0.286. The number of para-hydroxylation sites is 2. The van der Waals surface area contributed by atoms with Crippen LogP contribution in [0.15, 0.2) is 46.9 Å². The van der Waals surface area contributed by atoms with Crippen molar-refractivity contribution in [2.45, 2.75) is 6.92 Å². The summed E-state index contributed by atoms with van der Waals surface area (Å²) in [4.78, 5) is 17.5. The molecule has 0 spiro atoms. The third kappa shape index (κ3) is 3.97. The number of hydrogen-bond donors (Lipinski definition) is 1. The van der Waals surface area contributed by atoms with Gasteiger partial charge in [0.05, 0.1) is 11.4 Å². The normalized spacial score (nSPS) is 14.8. The van der Waals surface area contributed by atoms with Crippen molar-refractivity contribution in [2.24, 2.45) is 0 Å². The molecular weight excluding hydrogens is 397 g/mol. The second kappa shape index (κ2) is 8.43. The van der Waals surface area contributed by atoms with Crippen molar-refractivity contribution in [1.82, 2.24) is 4.90 Å². The average Bonchev–Trinajstić information content (AvgIpc) is 2.99. The Balaban J connectivity index is 0.00000225. The Morgan fingerprint density at radius 3 is 2.57 bits per heavy atom. The number of piperazine rings is 1. The molecule has 0 bridgehead atoms. The number of halogens is 2. The van der Waals surface area contributed by atoms with Gasteiger partial charge in [-0.15, -0.1) is 12.4 Å². The zero-order valence-corrected chi connectivity index (χ0v) is 17.4. The number of carbonyl (C=O) groups is 1. The van der Waals surface area contributed by atoms with Gasteiger partial charge in [-0.05, 0) is 44.3 Å². The Morgan fingerprint density at radius 2 is 1.82 bits per heavy atom. The molecule has 2 aromatic carbocycles. The van der Waals surface area contributed by atoms with E-state index in [2.05, 4.69) is 22.2 Å². The van der Waals surface area contributed by atoms with Crippen LogP contribution >= 0.6 is 24.0 Å². The molecule has 0 atom stereocenters. The Morgan fingerprint density at radius 1 is 1.11 bits per heavy atom. The van der Waals surface area contributed by atoms with Crippen molar-refractivity contribution in [3.63, 3.8) is 0 Å². The number of anilines is 2. The maximum Gasteiger partial charge on any atom is 0.291 e. The molecule has 0 unspecified atom stereocenters. The number of hydrogen-bond acceptors (Lipinski definition) is 4. The van der Waals surface area contributed by atoms with Crippen LogP contribution in [-0.2, 0) is 0 Å². The van der Waals surface area contributed by atoms with E-state index in [1.165, 1.54) is 0 Å². The Kier molecular flexibility index (Phi) is 6.18. The summed E-state index contributed by atoms with van der Waals surface area (Å²) in [6.07, 6.45) is 0. The maximum absolute atomic E-state index is 12.9. The molecule has 148 valence electrons. The first kappa shape index (κ1) is 20.5. The van der Waals surface area contributed by atoms with Gasteiger partial charge in [0.1, 0.15) is 5.58 Å². The lowest BCUT2D eigenvalue weighted by Crippen LogP contribution is -2.44. The fourth-order valence-electron chi connectivity index (χ4n) is 3.49. The largest absolute Gasteiger partial charge is 0.451 e. The van der Waals surface area contributed by atoms with Crippen molar-refractivity contribution in [3.8, 4) is 0 Å². The summed E-state index contributed by atoms with van der Waals surface area (Å²) in [6.45, 7) is 5.76. The number of amides is 1. The topological polar surface area (TPSA) is 48.7 Å². The van der Waals surface area contributed by atoms with Crippen LogP contribution in [0.1, 0.15) is 16.1 Å². The average molecular weight is 420 g/mol. The molecule has 0 radical (unpaired) electrons. The summed E-state index contributed by atoms with van der Waals surface area (Å²) in [7, 11) is 2.13. The number of fused-ring (bicyclic) bond motifs is 1. The first-order chi connectivity index (χ1) is 13.0. The maximum atomic E-state index is 12.9. The highest BCUT2D eigenvalue weighted by atomic mass is 35.5. The second-order valence-electron chi connectivity index (χ2n) is 6.96. The van der Waals surface area contributed by atoms with Gasteiger partial charge in [0.25, 0.3) is 5.91 Å². The number of aryl methyl sites for hydroxylation is 1. The fourth-order valence-corrected chi connectivity index (χ4v) is 3.66. The number of nitrogens with one attached hydrogen (secondary N) is 1.